The molecule has 0 aliphatic rings. The Balaban J connectivity index is 1.70. The number of carbonyl (C=O) groups excluding carboxylic acids is 1. The van der Waals surface area contributed by atoms with Crippen molar-refractivity contribution in [3.63, 3.8) is 0 Å². The number of rotatable bonds is 5. The van der Waals surface area contributed by atoms with E-state index in [-0.39, 0.29) is 23.5 Å². The van der Waals surface area contributed by atoms with E-state index in [4.69, 9.17) is 22.1 Å². The van der Waals surface area contributed by atoms with E-state index in [1.807, 2.05) is 6.07 Å². The monoisotopic (exact) mass is 452 g/mol. The fourth-order valence-corrected chi connectivity index (χ4v) is 3.65. The number of ether oxygens (including phenoxy) is 1. The van der Waals surface area contributed by atoms with Crippen molar-refractivity contribution >= 4 is 39.9 Å². The van der Waals surface area contributed by atoms with E-state index in [9.17, 15) is 14.0 Å². The quantitative estimate of drug-likeness (QED) is 0.444. The van der Waals surface area contributed by atoms with Gasteiger partial charge in [-0.15, -0.1) is 0 Å². The van der Waals surface area contributed by atoms with Crippen LogP contribution in [-0.2, 0) is 11.3 Å². The highest BCUT2D eigenvalue weighted by molar-refractivity contribution is 6.33. The van der Waals surface area contributed by atoms with Gasteiger partial charge in [0, 0.05) is 23.2 Å². The summed E-state index contributed by atoms with van der Waals surface area (Å²) in [5.74, 6) is -0.651. The van der Waals surface area contributed by atoms with Crippen LogP contribution in [0.5, 0.6) is 5.75 Å². The molecule has 0 fully saturated rings. The van der Waals surface area contributed by atoms with Crippen molar-refractivity contribution < 1.29 is 13.9 Å². The van der Waals surface area contributed by atoms with Gasteiger partial charge in [-0.1, -0.05) is 17.7 Å². The summed E-state index contributed by atoms with van der Waals surface area (Å²) in [4.78, 5) is 28.5. The van der Waals surface area contributed by atoms with Gasteiger partial charge in [0.25, 0.3) is 0 Å². The Hall–Kier alpha value is -3.91. The molecular formula is C23H18ClFN4O3. The molecule has 2 aromatic heterocycles. The molecular weight excluding hydrogens is 435 g/mol. The third kappa shape index (κ3) is 4.26. The number of benzene rings is 2. The largest absolute Gasteiger partial charge is 0.497 e. The Labute approximate surface area is 187 Å². The lowest BCUT2D eigenvalue weighted by Gasteiger charge is -2.14. The fourth-order valence-electron chi connectivity index (χ4n) is 3.37. The number of nitrogen functional groups attached to an aromatic ring is 1. The van der Waals surface area contributed by atoms with Gasteiger partial charge in [0.15, 0.2) is 11.2 Å². The molecule has 0 aliphatic heterocycles. The highest BCUT2D eigenvalue weighted by Crippen LogP contribution is 2.32. The number of nitrogens with one attached hydrogen (secondary N) is 1. The fraction of sp³-hybridized carbons (Fsp3) is 0.0870. The molecule has 4 aromatic rings. The van der Waals surface area contributed by atoms with Crippen molar-refractivity contribution in [2.24, 2.45) is 0 Å². The molecule has 4 rings (SSSR count). The van der Waals surface area contributed by atoms with Crippen LogP contribution in [0, 0.1) is 5.95 Å². The van der Waals surface area contributed by atoms with Crippen LogP contribution in [0.15, 0.2) is 65.6 Å². The number of nitrogens with two attached hydrogens (primary N) is 1. The number of anilines is 2. The zero-order chi connectivity index (χ0) is 22.8. The summed E-state index contributed by atoms with van der Waals surface area (Å²) >= 11 is 6.41. The first-order valence-electron chi connectivity index (χ1n) is 9.54. The highest BCUT2D eigenvalue weighted by Gasteiger charge is 2.12. The molecule has 2 aromatic carbocycles. The second-order valence-corrected chi connectivity index (χ2v) is 7.41. The minimum atomic E-state index is -0.739. The van der Waals surface area contributed by atoms with E-state index < -0.39 is 11.9 Å². The van der Waals surface area contributed by atoms with Crippen LogP contribution < -0.4 is 21.2 Å². The summed E-state index contributed by atoms with van der Waals surface area (Å²) in [5, 5.41) is 3.55. The van der Waals surface area contributed by atoms with Gasteiger partial charge in [0.05, 0.1) is 23.3 Å². The Morgan fingerprint density at radius 1 is 1.19 bits per heavy atom. The predicted molar refractivity (Wildman–Crippen MR) is 122 cm³/mol. The van der Waals surface area contributed by atoms with Crippen molar-refractivity contribution in [2.45, 2.75) is 6.54 Å². The van der Waals surface area contributed by atoms with Gasteiger partial charge in [-0.3, -0.25) is 9.59 Å². The number of aromatic nitrogens is 2. The molecule has 2 heterocycles. The number of carbonyl (C=O) groups is 1. The molecule has 9 heteroatoms. The average molecular weight is 453 g/mol. The zero-order valence-electron chi connectivity index (χ0n) is 16.9. The summed E-state index contributed by atoms with van der Waals surface area (Å²) in [6.45, 7) is -0.104. The second-order valence-electron chi connectivity index (χ2n) is 7.00. The molecule has 0 saturated heterocycles. The minimum absolute atomic E-state index is 0.104. The van der Waals surface area contributed by atoms with Gasteiger partial charge in [-0.25, -0.2) is 4.98 Å². The third-order valence-electron chi connectivity index (χ3n) is 4.94. The van der Waals surface area contributed by atoms with Crippen molar-refractivity contribution in [1.29, 1.82) is 0 Å². The van der Waals surface area contributed by atoms with E-state index in [0.717, 1.165) is 17.2 Å². The number of amides is 1. The molecule has 7 nitrogen and oxygen atoms in total. The number of hydrogen-bond acceptors (Lipinski definition) is 5. The number of pyridine rings is 2. The molecule has 0 saturated carbocycles. The van der Waals surface area contributed by atoms with E-state index in [1.54, 1.807) is 42.0 Å². The molecule has 0 bridgehead atoms. The van der Waals surface area contributed by atoms with Gasteiger partial charge >= 0.3 is 0 Å². The number of methoxy groups -OCH3 is 1. The Bertz CT molecular complexity index is 1400. The van der Waals surface area contributed by atoms with Gasteiger partial charge < -0.3 is 20.4 Å². The van der Waals surface area contributed by atoms with Gasteiger partial charge in [-0.2, -0.15) is 4.39 Å². The van der Waals surface area contributed by atoms with Crippen molar-refractivity contribution in [3.05, 3.63) is 82.0 Å². The molecule has 32 heavy (non-hydrogen) atoms. The Morgan fingerprint density at radius 2 is 2.00 bits per heavy atom. The Morgan fingerprint density at radius 3 is 2.72 bits per heavy atom. The van der Waals surface area contributed by atoms with Crippen LogP contribution in [0.1, 0.15) is 0 Å². The lowest BCUT2D eigenvalue weighted by atomic mass is 10.0. The molecule has 0 atom stereocenters. The van der Waals surface area contributed by atoms with Gasteiger partial charge in [-0.05, 0) is 48.0 Å². The number of halogens is 2. The maximum absolute atomic E-state index is 13.1. The van der Waals surface area contributed by atoms with Crippen molar-refractivity contribution in [2.75, 3.05) is 18.2 Å². The summed E-state index contributed by atoms with van der Waals surface area (Å²) in [7, 11) is 1.56. The summed E-state index contributed by atoms with van der Waals surface area (Å²) < 4.78 is 20.0. The lowest BCUT2D eigenvalue weighted by molar-refractivity contribution is -0.116. The third-order valence-corrected chi connectivity index (χ3v) is 5.26. The van der Waals surface area contributed by atoms with Crippen LogP contribution in [0.3, 0.4) is 0 Å². The average Bonchev–Trinajstić information content (AvgIpc) is 2.77. The topological polar surface area (TPSA) is 99.2 Å². The summed E-state index contributed by atoms with van der Waals surface area (Å²) in [6, 6.07) is 14.4. The maximum Gasteiger partial charge on any atom is 0.244 e. The molecule has 162 valence electrons. The molecule has 0 aliphatic carbocycles. The van der Waals surface area contributed by atoms with E-state index in [2.05, 4.69) is 10.3 Å². The molecule has 0 spiro atoms. The van der Waals surface area contributed by atoms with Crippen LogP contribution in [-0.4, -0.2) is 22.6 Å². The van der Waals surface area contributed by atoms with E-state index >= 15 is 0 Å². The van der Waals surface area contributed by atoms with Crippen LogP contribution in [0.25, 0.3) is 22.0 Å². The SMILES string of the molecule is COc1ccc(-c2ccc3c(=O)ccn(CC(=O)Nc4ccc(F)nc4N)c3c2)c(Cl)c1. The molecule has 0 radical (unpaired) electrons. The molecule has 3 N–H and O–H groups in total. The zero-order valence-corrected chi connectivity index (χ0v) is 17.7. The molecule has 1 amide bonds. The number of fused-ring (bicyclic) bond motifs is 1. The predicted octanol–water partition coefficient (Wildman–Crippen LogP) is 4.09. The normalized spacial score (nSPS) is 10.8. The maximum atomic E-state index is 13.1. The lowest BCUT2D eigenvalue weighted by Crippen LogP contribution is -2.21. The van der Waals surface area contributed by atoms with Crippen LogP contribution in [0.2, 0.25) is 5.02 Å². The molecule has 0 unspecified atom stereocenters. The number of nitrogens with zero attached hydrogens (tertiary/aromatic N) is 2. The Kier molecular flexibility index (Phi) is 5.79. The summed E-state index contributed by atoms with van der Waals surface area (Å²) in [5.41, 5.74) is 7.78. The highest BCUT2D eigenvalue weighted by atomic mass is 35.5. The van der Waals surface area contributed by atoms with Crippen LogP contribution >= 0.6 is 11.6 Å². The van der Waals surface area contributed by atoms with E-state index in [1.165, 1.54) is 18.3 Å². The van der Waals surface area contributed by atoms with Crippen molar-refractivity contribution in [3.8, 4) is 16.9 Å². The van der Waals surface area contributed by atoms with Crippen molar-refractivity contribution in [1.82, 2.24) is 9.55 Å². The smallest absolute Gasteiger partial charge is 0.244 e. The van der Waals surface area contributed by atoms with Gasteiger partial charge in [0.2, 0.25) is 11.9 Å². The first-order valence-corrected chi connectivity index (χ1v) is 9.92. The minimum Gasteiger partial charge on any atom is -0.497 e. The first kappa shape index (κ1) is 21.3. The van der Waals surface area contributed by atoms with E-state index in [0.29, 0.717) is 21.7 Å². The standard InChI is InChI=1S/C23H18ClFN4O3/c1-32-14-3-5-15(17(24)11-14)13-2-4-16-19(10-13)29(9-8-20(16)30)12-22(31)27-18-6-7-21(25)28-23(18)26/h2-11H,12H2,1H3,(H2,26,28)(H,27,31). The second kappa shape index (κ2) is 8.68. The number of hydrogen-bond donors (Lipinski definition) is 2. The summed E-state index contributed by atoms with van der Waals surface area (Å²) in [6.07, 6.45) is 1.54. The first-order chi connectivity index (χ1) is 15.4. The van der Waals surface area contributed by atoms with Gasteiger partial charge in [0.1, 0.15) is 12.3 Å². The van der Waals surface area contributed by atoms with Crippen LogP contribution in [0.4, 0.5) is 15.9 Å².